The minimum absolute atomic E-state index is 0.422. The van der Waals surface area contributed by atoms with Gasteiger partial charge in [0.15, 0.2) is 0 Å². The van der Waals surface area contributed by atoms with E-state index in [0.717, 1.165) is 5.75 Å². The van der Waals surface area contributed by atoms with Crippen molar-refractivity contribution < 1.29 is 0 Å². The Balaban J connectivity index is 0. The second kappa shape index (κ2) is 20.1. The van der Waals surface area contributed by atoms with Crippen LogP contribution in [-0.4, -0.2) is 24.2 Å². The van der Waals surface area contributed by atoms with Crippen molar-refractivity contribution in [3.8, 4) is 0 Å². The van der Waals surface area contributed by atoms with E-state index in [4.69, 9.17) is 0 Å². The van der Waals surface area contributed by atoms with Gasteiger partial charge in [-0.2, -0.15) is 12.6 Å². The molecule has 112 valence electrons. The number of rotatable bonds is 11. The van der Waals surface area contributed by atoms with E-state index in [2.05, 4.69) is 40.3 Å². The van der Waals surface area contributed by atoms with Gasteiger partial charge in [-0.25, -0.2) is 0 Å². The van der Waals surface area contributed by atoms with Crippen LogP contribution in [0.1, 0.15) is 79.1 Å². The van der Waals surface area contributed by atoms with Crippen LogP contribution in [0.5, 0.6) is 0 Å². The Labute approximate surface area is 124 Å². The molecule has 0 aliphatic heterocycles. The van der Waals surface area contributed by atoms with Crippen molar-refractivity contribution >= 4 is 20.6 Å². The van der Waals surface area contributed by atoms with Gasteiger partial charge in [0.1, 0.15) is 0 Å². The van der Waals surface area contributed by atoms with Crippen molar-refractivity contribution in [1.29, 1.82) is 0 Å². The normalized spacial score (nSPS) is 10.3. The molecule has 0 unspecified atom stereocenters. The van der Waals surface area contributed by atoms with Crippen LogP contribution < -0.4 is 0 Å². The first kappa shape index (κ1) is 21.1. The molecular formula is C16H37PS. The quantitative estimate of drug-likeness (QED) is 0.322. The summed E-state index contributed by atoms with van der Waals surface area (Å²) in [4.78, 5) is 0. The summed E-state index contributed by atoms with van der Waals surface area (Å²) in [7, 11) is 0.422. The fourth-order valence-corrected chi connectivity index (χ4v) is 4.92. The average molecular weight is 293 g/mol. The largest absolute Gasteiger partial charge is 0.179 e. The van der Waals surface area contributed by atoms with E-state index in [-0.39, 0.29) is 0 Å². The summed E-state index contributed by atoms with van der Waals surface area (Å²) >= 11 is 4.00. The van der Waals surface area contributed by atoms with Crippen molar-refractivity contribution in [2.75, 3.05) is 24.2 Å². The van der Waals surface area contributed by atoms with E-state index < -0.39 is 0 Å². The number of hydrogen-bond donors (Lipinski definition) is 1. The smallest absolute Gasteiger partial charge is 0.00980 e. The molecule has 0 aromatic carbocycles. The van der Waals surface area contributed by atoms with Gasteiger partial charge >= 0.3 is 0 Å². The minimum atomic E-state index is 0.422. The Hall–Kier alpha value is 0.780. The van der Waals surface area contributed by atoms with Crippen molar-refractivity contribution in [3.05, 3.63) is 0 Å². The van der Waals surface area contributed by atoms with Gasteiger partial charge in [-0.05, 0) is 49.9 Å². The van der Waals surface area contributed by atoms with E-state index in [1.807, 2.05) is 0 Å². The minimum Gasteiger partial charge on any atom is -0.179 e. The van der Waals surface area contributed by atoms with Gasteiger partial charge in [-0.1, -0.05) is 53.4 Å². The SMILES string of the molecule is CCCCP(CCCC)CCCC.CCCCS. The van der Waals surface area contributed by atoms with Gasteiger partial charge in [-0.15, -0.1) is 7.92 Å². The first-order chi connectivity index (χ1) is 8.76. The highest BCUT2D eigenvalue weighted by Gasteiger charge is 2.05. The fourth-order valence-electron chi connectivity index (χ4n) is 1.64. The van der Waals surface area contributed by atoms with Gasteiger partial charge in [-0.3, -0.25) is 0 Å². The molecule has 0 N–H and O–H groups in total. The molecule has 0 aromatic rings. The summed E-state index contributed by atoms with van der Waals surface area (Å²) < 4.78 is 0. The summed E-state index contributed by atoms with van der Waals surface area (Å²) in [5.74, 6) is 1.04. The zero-order valence-electron chi connectivity index (χ0n) is 13.4. The molecule has 0 fully saturated rings. The maximum Gasteiger partial charge on any atom is -0.00980 e. The first-order valence-corrected chi connectivity index (χ1v) is 10.6. The lowest BCUT2D eigenvalue weighted by Crippen LogP contribution is -1.95. The molecule has 0 saturated heterocycles. The van der Waals surface area contributed by atoms with Crippen molar-refractivity contribution in [1.82, 2.24) is 0 Å². The molecule has 0 spiro atoms. The molecule has 0 amide bonds. The highest BCUT2D eigenvalue weighted by Crippen LogP contribution is 2.38. The summed E-state index contributed by atoms with van der Waals surface area (Å²) in [5.41, 5.74) is 0. The zero-order chi connectivity index (χ0) is 14.1. The summed E-state index contributed by atoms with van der Waals surface area (Å²) in [6.45, 7) is 9.10. The monoisotopic (exact) mass is 292 g/mol. The Kier molecular flexibility index (Phi) is 23.6. The molecule has 0 rings (SSSR count). The molecule has 0 bridgehead atoms. The Morgan fingerprint density at radius 3 is 1.11 bits per heavy atom. The predicted molar refractivity (Wildman–Crippen MR) is 95.0 cm³/mol. The van der Waals surface area contributed by atoms with Crippen LogP contribution in [-0.2, 0) is 0 Å². The molecule has 0 radical (unpaired) electrons. The summed E-state index contributed by atoms with van der Waals surface area (Å²) in [6, 6.07) is 0. The van der Waals surface area contributed by atoms with E-state index in [1.54, 1.807) is 18.5 Å². The van der Waals surface area contributed by atoms with E-state index in [1.165, 1.54) is 51.4 Å². The second-order valence-electron chi connectivity index (χ2n) is 4.98. The number of unbranched alkanes of at least 4 members (excludes halogenated alkanes) is 4. The lowest BCUT2D eigenvalue weighted by Gasteiger charge is -2.16. The lowest BCUT2D eigenvalue weighted by atomic mass is 10.4. The maximum absolute atomic E-state index is 4.00. The number of hydrogen-bond acceptors (Lipinski definition) is 1. The van der Waals surface area contributed by atoms with Gasteiger partial charge < -0.3 is 0 Å². The lowest BCUT2D eigenvalue weighted by molar-refractivity contribution is 0.847. The van der Waals surface area contributed by atoms with Crippen LogP contribution in [0.2, 0.25) is 0 Å². The molecule has 0 aromatic heterocycles. The first-order valence-electron chi connectivity index (χ1n) is 8.09. The molecule has 2 heteroatoms. The Bertz CT molecular complexity index is 107. The molecule has 0 aliphatic rings. The van der Waals surface area contributed by atoms with Crippen molar-refractivity contribution in [2.45, 2.75) is 79.1 Å². The van der Waals surface area contributed by atoms with Gasteiger partial charge in [0.25, 0.3) is 0 Å². The molecule has 0 aliphatic carbocycles. The molecule has 0 heterocycles. The van der Waals surface area contributed by atoms with Gasteiger partial charge in [0.2, 0.25) is 0 Å². The molecule has 0 atom stereocenters. The van der Waals surface area contributed by atoms with Gasteiger partial charge in [0.05, 0.1) is 0 Å². The average Bonchev–Trinajstić information content (AvgIpc) is 2.39. The third-order valence-electron chi connectivity index (χ3n) is 3.00. The summed E-state index contributed by atoms with van der Waals surface area (Å²) in [5, 5.41) is 0. The van der Waals surface area contributed by atoms with Crippen LogP contribution in [0.4, 0.5) is 0 Å². The van der Waals surface area contributed by atoms with Crippen molar-refractivity contribution in [3.63, 3.8) is 0 Å². The second-order valence-corrected chi connectivity index (χ2v) is 8.11. The van der Waals surface area contributed by atoms with E-state index in [9.17, 15) is 0 Å². The standard InChI is InChI=1S/C12H27P.C4H10S/c1-4-7-10-13(11-8-5-2)12-9-6-3;1-2-3-4-5/h4-12H2,1-3H3;5H,2-4H2,1H3. The molecular weight excluding hydrogens is 255 g/mol. The topological polar surface area (TPSA) is 0 Å². The van der Waals surface area contributed by atoms with E-state index >= 15 is 0 Å². The van der Waals surface area contributed by atoms with E-state index in [0.29, 0.717) is 7.92 Å². The third kappa shape index (κ3) is 19.1. The molecule has 0 nitrogen and oxygen atoms in total. The zero-order valence-corrected chi connectivity index (χ0v) is 15.2. The molecule has 0 saturated carbocycles. The Morgan fingerprint density at radius 1 is 0.611 bits per heavy atom. The maximum atomic E-state index is 4.00. The Morgan fingerprint density at radius 2 is 0.944 bits per heavy atom. The predicted octanol–water partition coefficient (Wildman–Crippen LogP) is 6.58. The van der Waals surface area contributed by atoms with Crippen LogP contribution in [0.15, 0.2) is 0 Å². The third-order valence-corrected chi connectivity index (χ3v) is 6.16. The highest BCUT2D eigenvalue weighted by atomic mass is 32.1. The van der Waals surface area contributed by atoms with Crippen LogP contribution in [0, 0.1) is 0 Å². The highest BCUT2D eigenvalue weighted by molar-refractivity contribution is 7.80. The number of thiol groups is 1. The fraction of sp³-hybridized carbons (Fsp3) is 1.00. The van der Waals surface area contributed by atoms with Crippen molar-refractivity contribution in [2.24, 2.45) is 0 Å². The van der Waals surface area contributed by atoms with Crippen LogP contribution >= 0.6 is 20.6 Å². The van der Waals surface area contributed by atoms with Crippen LogP contribution in [0.25, 0.3) is 0 Å². The molecule has 18 heavy (non-hydrogen) atoms. The van der Waals surface area contributed by atoms with Crippen LogP contribution in [0.3, 0.4) is 0 Å². The summed E-state index contributed by atoms with van der Waals surface area (Å²) in [6.07, 6.45) is 15.7. The van der Waals surface area contributed by atoms with Gasteiger partial charge in [0, 0.05) is 0 Å².